The molecule has 1 aliphatic rings. The molecule has 0 spiro atoms. The first-order valence-corrected chi connectivity index (χ1v) is 8.77. The second-order valence-electron chi connectivity index (χ2n) is 6.60. The molecule has 0 radical (unpaired) electrons. The van der Waals surface area contributed by atoms with E-state index < -0.39 is 0 Å². The first-order valence-electron chi connectivity index (χ1n) is 8.77. The fourth-order valence-corrected chi connectivity index (χ4v) is 3.56. The van der Waals surface area contributed by atoms with E-state index >= 15 is 0 Å². The highest BCUT2D eigenvalue weighted by molar-refractivity contribution is 5.96. The molecule has 1 aromatic heterocycles. The van der Waals surface area contributed by atoms with Crippen LogP contribution in [-0.2, 0) is 11.8 Å². The molecule has 2 heterocycles. The molecular weight excluding hydrogens is 348 g/mol. The predicted octanol–water partition coefficient (Wildman–Crippen LogP) is 1.41. The summed E-state index contributed by atoms with van der Waals surface area (Å²) in [5, 5.41) is 7.57. The largest absolute Gasteiger partial charge is 0.493 e. The van der Waals surface area contributed by atoms with Crippen molar-refractivity contribution in [1.29, 1.82) is 0 Å². The molecular formula is C19H26N4O4. The maximum Gasteiger partial charge on any atom is 0.231 e. The summed E-state index contributed by atoms with van der Waals surface area (Å²) in [4.78, 5) is 14.9. The number of nitrogens with one attached hydrogen (secondary N) is 1. The van der Waals surface area contributed by atoms with Gasteiger partial charge in [-0.25, -0.2) is 0 Å². The molecule has 2 atom stereocenters. The number of ether oxygens (including phenoxy) is 3. The van der Waals surface area contributed by atoms with Crippen molar-refractivity contribution in [2.75, 3.05) is 46.4 Å². The molecule has 0 saturated carbocycles. The van der Waals surface area contributed by atoms with Crippen LogP contribution in [0.3, 0.4) is 0 Å². The molecule has 1 amide bonds. The Balaban J connectivity index is 1.88. The van der Waals surface area contributed by atoms with Crippen LogP contribution in [0.5, 0.6) is 17.2 Å². The van der Waals surface area contributed by atoms with Crippen LogP contribution in [0.25, 0.3) is 0 Å². The van der Waals surface area contributed by atoms with Crippen molar-refractivity contribution >= 4 is 11.6 Å². The van der Waals surface area contributed by atoms with Gasteiger partial charge in [-0.3, -0.25) is 9.48 Å². The highest BCUT2D eigenvalue weighted by atomic mass is 16.5. The number of carbonyl (C=O) groups is 1. The maximum absolute atomic E-state index is 13.2. The molecule has 1 aromatic carbocycles. The Morgan fingerprint density at radius 1 is 1.19 bits per heavy atom. The number of amides is 1. The summed E-state index contributed by atoms with van der Waals surface area (Å²) in [6.07, 6.45) is 3.80. The molecule has 146 valence electrons. The Hall–Kier alpha value is -2.74. The summed E-state index contributed by atoms with van der Waals surface area (Å²) in [6, 6.07) is 3.56. The summed E-state index contributed by atoms with van der Waals surface area (Å²) in [5.74, 6) is 1.48. The van der Waals surface area contributed by atoms with Gasteiger partial charge in [0.05, 0.1) is 39.1 Å². The van der Waals surface area contributed by atoms with E-state index in [1.807, 2.05) is 19.4 Å². The Labute approximate surface area is 159 Å². The number of carbonyl (C=O) groups excluding carboxylic acids is 1. The Bertz CT molecular complexity index is 795. The molecule has 1 N–H and O–H groups in total. The van der Waals surface area contributed by atoms with Crippen molar-refractivity contribution in [3.8, 4) is 17.2 Å². The number of benzene rings is 1. The van der Waals surface area contributed by atoms with E-state index in [1.54, 1.807) is 50.1 Å². The van der Waals surface area contributed by atoms with Crippen LogP contribution in [0.1, 0.15) is 11.5 Å². The highest BCUT2D eigenvalue weighted by Crippen LogP contribution is 2.41. The molecule has 8 nitrogen and oxygen atoms in total. The van der Waals surface area contributed by atoms with Crippen molar-refractivity contribution in [3.63, 3.8) is 0 Å². The van der Waals surface area contributed by atoms with Gasteiger partial charge in [0.1, 0.15) is 0 Å². The number of aryl methyl sites for hydroxylation is 1. The molecule has 0 bridgehead atoms. The summed E-state index contributed by atoms with van der Waals surface area (Å²) < 4.78 is 17.9. The van der Waals surface area contributed by atoms with Crippen molar-refractivity contribution in [1.82, 2.24) is 15.1 Å². The second kappa shape index (κ2) is 7.87. The number of anilines is 1. The maximum atomic E-state index is 13.2. The van der Waals surface area contributed by atoms with Crippen LogP contribution < -0.4 is 24.4 Å². The number of hydrogen-bond donors (Lipinski definition) is 1. The first-order chi connectivity index (χ1) is 13.0. The lowest BCUT2D eigenvalue weighted by Gasteiger charge is -2.25. The third-order valence-corrected chi connectivity index (χ3v) is 5.05. The molecule has 27 heavy (non-hydrogen) atoms. The zero-order valence-corrected chi connectivity index (χ0v) is 16.4. The van der Waals surface area contributed by atoms with E-state index in [2.05, 4.69) is 10.4 Å². The minimum atomic E-state index is -0.168. The smallest absolute Gasteiger partial charge is 0.231 e. The Morgan fingerprint density at radius 3 is 2.37 bits per heavy atom. The van der Waals surface area contributed by atoms with Crippen LogP contribution in [0, 0.1) is 5.92 Å². The number of methoxy groups -OCH3 is 3. The third kappa shape index (κ3) is 3.57. The zero-order chi connectivity index (χ0) is 19.6. The molecule has 2 aromatic rings. The van der Waals surface area contributed by atoms with Crippen LogP contribution in [-0.4, -0.2) is 57.2 Å². The molecule has 0 aliphatic carbocycles. The monoisotopic (exact) mass is 374 g/mol. The van der Waals surface area contributed by atoms with Crippen molar-refractivity contribution < 1.29 is 19.0 Å². The van der Waals surface area contributed by atoms with Gasteiger partial charge in [0.25, 0.3) is 0 Å². The minimum Gasteiger partial charge on any atom is -0.493 e. The third-order valence-electron chi connectivity index (χ3n) is 5.05. The minimum absolute atomic E-state index is 0.0307. The lowest BCUT2D eigenvalue weighted by molar-refractivity contribution is -0.121. The zero-order valence-electron chi connectivity index (χ0n) is 16.4. The number of hydrogen-bond acceptors (Lipinski definition) is 6. The van der Waals surface area contributed by atoms with E-state index in [0.29, 0.717) is 29.5 Å². The van der Waals surface area contributed by atoms with Crippen molar-refractivity contribution in [2.24, 2.45) is 13.0 Å². The quantitative estimate of drug-likeness (QED) is 0.824. The van der Waals surface area contributed by atoms with E-state index in [9.17, 15) is 4.79 Å². The average molecular weight is 374 g/mol. The number of nitrogens with zero attached hydrogens (tertiary/aromatic N) is 3. The van der Waals surface area contributed by atoms with Gasteiger partial charge in [-0.15, -0.1) is 0 Å². The van der Waals surface area contributed by atoms with Gasteiger partial charge in [-0.1, -0.05) is 0 Å². The fourth-order valence-electron chi connectivity index (χ4n) is 3.56. The lowest BCUT2D eigenvalue weighted by Crippen LogP contribution is -2.36. The van der Waals surface area contributed by atoms with Gasteiger partial charge in [-0.05, 0) is 5.56 Å². The van der Waals surface area contributed by atoms with Crippen LogP contribution in [0.15, 0.2) is 24.5 Å². The van der Waals surface area contributed by atoms with Crippen LogP contribution in [0.2, 0.25) is 0 Å². The molecule has 1 saturated heterocycles. The number of aromatic nitrogens is 2. The predicted molar refractivity (Wildman–Crippen MR) is 102 cm³/mol. The topological polar surface area (TPSA) is 77.9 Å². The average Bonchev–Trinajstić information content (AvgIpc) is 3.34. The molecule has 3 rings (SSSR count). The second-order valence-corrected chi connectivity index (χ2v) is 6.60. The van der Waals surface area contributed by atoms with Crippen molar-refractivity contribution in [2.45, 2.75) is 5.92 Å². The van der Waals surface area contributed by atoms with Gasteiger partial charge in [0.15, 0.2) is 11.5 Å². The van der Waals surface area contributed by atoms with Gasteiger partial charge in [0, 0.05) is 51.4 Å². The van der Waals surface area contributed by atoms with E-state index in [-0.39, 0.29) is 17.7 Å². The Morgan fingerprint density at radius 2 is 1.85 bits per heavy atom. The lowest BCUT2D eigenvalue weighted by atomic mass is 9.90. The van der Waals surface area contributed by atoms with E-state index in [1.165, 1.54) is 0 Å². The van der Waals surface area contributed by atoms with Crippen LogP contribution >= 0.6 is 0 Å². The van der Waals surface area contributed by atoms with Gasteiger partial charge >= 0.3 is 0 Å². The van der Waals surface area contributed by atoms with Gasteiger partial charge in [0.2, 0.25) is 11.7 Å². The summed E-state index contributed by atoms with van der Waals surface area (Å²) in [5.41, 5.74) is 1.76. The van der Waals surface area contributed by atoms with Gasteiger partial charge in [-0.2, -0.15) is 5.10 Å². The molecule has 0 unspecified atom stereocenters. The Kier molecular flexibility index (Phi) is 5.55. The summed E-state index contributed by atoms with van der Waals surface area (Å²) in [6.45, 7) is 1.39. The molecule has 8 heteroatoms. The van der Waals surface area contributed by atoms with Crippen molar-refractivity contribution in [3.05, 3.63) is 30.1 Å². The van der Waals surface area contributed by atoms with Crippen LogP contribution in [0.4, 0.5) is 5.69 Å². The van der Waals surface area contributed by atoms with E-state index in [0.717, 1.165) is 12.1 Å². The summed E-state index contributed by atoms with van der Waals surface area (Å²) >= 11 is 0. The first kappa shape index (κ1) is 19.0. The normalized spacial score (nSPS) is 19.0. The van der Waals surface area contributed by atoms with E-state index in [4.69, 9.17) is 14.2 Å². The molecule has 1 fully saturated rings. The SMILES string of the molecule is COc1cc(N(C)C(=O)[C@H]2CNC[C@@H]2c2cnn(C)c2)cc(OC)c1OC. The standard InChI is InChI=1S/C19H26N4O4/c1-22-11-12(8-21-22)14-9-20-10-15(14)19(24)23(2)13-6-16(25-3)18(27-5)17(7-13)26-4/h6-8,11,14-15,20H,9-10H2,1-5H3/t14-,15+/m1/s1. The number of rotatable bonds is 6. The molecule has 1 aliphatic heterocycles. The fraction of sp³-hybridized carbons (Fsp3) is 0.474. The van der Waals surface area contributed by atoms with Gasteiger partial charge < -0.3 is 24.4 Å². The highest BCUT2D eigenvalue weighted by Gasteiger charge is 2.37. The summed E-state index contributed by atoms with van der Waals surface area (Å²) in [7, 11) is 8.31.